The summed E-state index contributed by atoms with van der Waals surface area (Å²) >= 11 is 0. The maximum absolute atomic E-state index is 5.37. The smallest absolute Gasteiger partial charge is 0.257 e. The molecule has 20 heavy (non-hydrogen) atoms. The van der Waals surface area contributed by atoms with Gasteiger partial charge in [-0.2, -0.15) is 20.1 Å². The fraction of sp³-hybridized carbons (Fsp3) is 0.455. The van der Waals surface area contributed by atoms with Crippen LogP contribution >= 0.6 is 0 Å². The lowest BCUT2D eigenvalue weighted by atomic mass is 10.4. The Morgan fingerprint density at radius 3 is 2.80 bits per heavy atom. The largest absolute Gasteiger partial charge is 0.380 e. The number of anilines is 2. The molecule has 0 aliphatic heterocycles. The lowest BCUT2D eigenvalue weighted by Crippen LogP contribution is -2.24. The first kappa shape index (κ1) is 14.2. The molecule has 9 heteroatoms. The summed E-state index contributed by atoms with van der Waals surface area (Å²) in [7, 11) is 0. The van der Waals surface area contributed by atoms with Crippen molar-refractivity contribution in [3.8, 4) is 5.95 Å². The molecule has 0 aliphatic carbocycles. The van der Waals surface area contributed by atoms with E-state index < -0.39 is 0 Å². The van der Waals surface area contributed by atoms with Gasteiger partial charge in [-0.15, -0.1) is 0 Å². The second-order valence-corrected chi connectivity index (χ2v) is 4.08. The maximum atomic E-state index is 5.37. The fourth-order valence-corrected chi connectivity index (χ4v) is 1.54. The van der Waals surface area contributed by atoms with Gasteiger partial charge < -0.3 is 10.1 Å². The number of nitrogen functional groups attached to an aromatic ring is 1. The van der Waals surface area contributed by atoms with E-state index in [-0.39, 0.29) is 12.0 Å². The van der Waals surface area contributed by atoms with Crippen molar-refractivity contribution in [1.29, 1.82) is 0 Å². The van der Waals surface area contributed by atoms with Crippen molar-refractivity contribution in [2.24, 2.45) is 5.84 Å². The number of nitrogens with one attached hydrogen (secondary N) is 2. The lowest BCUT2D eigenvalue weighted by molar-refractivity contribution is 0.141. The molecule has 0 bridgehead atoms. The Morgan fingerprint density at radius 1 is 1.35 bits per heavy atom. The molecule has 0 aliphatic rings. The van der Waals surface area contributed by atoms with E-state index >= 15 is 0 Å². The number of nitrogens with two attached hydrogens (primary N) is 1. The molecule has 2 aromatic rings. The number of rotatable bonds is 7. The lowest BCUT2D eigenvalue weighted by Gasteiger charge is -2.14. The van der Waals surface area contributed by atoms with Crippen LogP contribution in [0.3, 0.4) is 0 Å². The summed E-state index contributed by atoms with van der Waals surface area (Å²) in [5, 5.41) is 7.20. The van der Waals surface area contributed by atoms with Crippen molar-refractivity contribution in [3.63, 3.8) is 0 Å². The molecule has 108 valence electrons. The van der Waals surface area contributed by atoms with E-state index in [0.29, 0.717) is 25.1 Å². The number of hydrogen-bond donors (Lipinski definition) is 3. The first-order valence-corrected chi connectivity index (χ1v) is 6.30. The van der Waals surface area contributed by atoms with Gasteiger partial charge in [0.25, 0.3) is 5.95 Å². The Labute approximate surface area is 116 Å². The third-order valence-corrected chi connectivity index (χ3v) is 2.41. The van der Waals surface area contributed by atoms with Gasteiger partial charge in [0, 0.05) is 25.0 Å². The van der Waals surface area contributed by atoms with Gasteiger partial charge in [-0.3, -0.25) is 5.43 Å². The van der Waals surface area contributed by atoms with Gasteiger partial charge in [-0.05, 0) is 19.9 Å². The monoisotopic (exact) mass is 278 g/mol. The van der Waals surface area contributed by atoms with Gasteiger partial charge in [0.2, 0.25) is 11.9 Å². The summed E-state index contributed by atoms with van der Waals surface area (Å²) in [6.07, 6.45) is 3.38. The Hall–Kier alpha value is -2.26. The first-order valence-electron chi connectivity index (χ1n) is 6.30. The summed E-state index contributed by atoms with van der Waals surface area (Å²) in [4.78, 5) is 12.6. The van der Waals surface area contributed by atoms with E-state index in [2.05, 4.69) is 30.8 Å². The Morgan fingerprint density at radius 2 is 2.15 bits per heavy atom. The minimum Gasteiger partial charge on any atom is -0.380 e. The van der Waals surface area contributed by atoms with E-state index in [0.717, 1.165) is 0 Å². The van der Waals surface area contributed by atoms with Crippen LogP contribution in [0.4, 0.5) is 11.9 Å². The molecule has 0 spiro atoms. The molecule has 1 unspecified atom stereocenters. The highest BCUT2D eigenvalue weighted by Crippen LogP contribution is 2.09. The number of hydrazine groups is 1. The molecule has 2 heterocycles. The zero-order valence-electron chi connectivity index (χ0n) is 11.4. The van der Waals surface area contributed by atoms with E-state index in [9.17, 15) is 0 Å². The van der Waals surface area contributed by atoms with Crippen molar-refractivity contribution in [3.05, 3.63) is 18.5 Å². The van der Waals surface area contributed by atoms with Gasteiger partial charge in [-0.25, -0.2) is 10.5 Å². The minimum atomic E-state index is 0.0634. The molecule has 4 N–H and O–H groups in total. The molecule has 1 atom stereocenters. The molecular formula is C11H18N8O. The van der Waals surface area contributed by atoms with Gasteiger partial charge in [0.05, 0.1) is 6.61 Å². The van der Waals surface area contributed by atoms with Crippen LogP contribution in [0.1, 0.15) is 13.8 Å². The van der Waals surface area contributed by atoms with Crippen molar-refractivity contribution in [2.45, 2.75) is 19.9 Å². The normalized spacial score (nSPS) is 12.2. The van der Waals surface area contributed by atoms with Crippen LogP contribution in [-0.4, -0.2) is 44.0 Å². The number of ether oxygens (including phenoxy) is 1. The standard InChI is InChI=1S/C11H18N8O/c1-3-20-7-8(2)14-9-15-10(18-12)17-11(16-9)19-6-4-5-13-19/h4-6,8H,3,7,12H2,1-2H3,(H2,14,15,16,17,18). The molecular weight excluding hydrogens is 260 g/mol. The van der Waals surface area contributed by atoms with Crippen LogP contribution in [0.25, 0.3) is 5.95 Å². The highest BCUT2D eigenvalue weighted by atomic mass is 16.5. The van der Waals surface area contributed by atoms with Crippen LogP contribution in [0.15, 0.2) is 18.5 Å². The van der Waals surface area contributed by atoms with Crippen LogP contribution in [0.5, 0.6) is 0 Å². The molecule has 0 saturated heterocycles. The highest BCUT2D eigenvalue weighted by molar-refractivity contribution is 5.37. The van der Waals surface area contributed by atoms with Crippen LogP contribution in [0.2, 0.25) is 0 Å². The number of aromatic nitrogens is 5. The zero-order chi connectivity index (χ0) is 14.4. The third kappa shape index (κ3) is 3.62. The van der Waals surface area contributed by atoms with Crippen molar-refractivity contribution < 1.29 is 4.74 Å². The summed E-state index contributed by atoms with van der Waals surface area (Å²) in [5.41, 5.74) is 2.41. The van der Waals surface area contributed by atoms with Gasteiger partial charge in [0.1, 0.15) is 0 Å². The molecule has 0 aromatic carbocycles. The summed E-state index contributed by atoms with van der Waals surface area (Å²) in [6, 6.07) is 1.85. The van der Waals surface area contributed by atoms with Crippen LogP contribution in [-0.2, 0) is 4.74 Å². The topological polar surface area (TPSA) is 116 Å². The second kappa shape index (κ2) is 6.78. The molecule has 2 rings (SSSR count). The molecule has 0 amide bonds. The highest BCUT2D eigenvalue weighted by Gasteiger charge is 2.10. The van der Waals surface area contributed by atoms with Crippen molar-refractivity contribution >= 4 is 11.9 Å². The summed E-state index contributed by atoms with van der Waals surface area (Å²) < 4.78 is 6.86. The minimum absolute atomic E-state index is 0.0634. The predicted octanol–water partition coefficient (Wildman–Crippen LogP) is 0.180. The fourth-order valence-electron chi connectivity index (χ4n) is 1.54. The average Bonchev–Trinajstić information content (AvgIpc) is 2.99. The molecule has 0 saturated carbocycles. The Bertz CT molecular complexity index is 529. The molecule has 2 aromatic heterocycles. The van der Waals surface area contributed by atoms with Crippen molar-refractivity contribution in [2.75, 3.05) is 24.0 Å². The quantitative estimate of drug-likeness (QED) is 0.485. The number of nitrogens with zero attached hydrogens (tertiary/aromatic N) is 5. The molecule has 0 fully saturated rings. The SMILES string of the molecule is CCOCC(C)Nc1nc(NN)nc(-n2cccn2)n1. The molecule has 0 radical (unpaired) electrons. The molecule has 9 nitrogen and oxygen atoms in total. The number of hydrogen-bond acceptors (Lipinski definition) is 8. The maximum Gasteiger partial charge on any atom is 0.257 e. The van der Waals surface area contributed by atoms with Crippen LogP contribution < -0.4 is 16.6 Å². The zero-order valence-corrected chi connectivity index (χ0v) is 11.4. The van der Waals surface area contributed by atoms with E-state index in [1.54, 1.807) is 18.5 Å². The van der Waals surface area contributed by atoms with Gasteiger partial charge in [-0.1, -0.05) is 0 Å². The summed E-state index contributed by atoms with van der Waals surface area (Å²) in [5.74, 6) is 6.41. The Balaban J connectivity index is 2.18. The first-order chi connectivity index (χ1) is 9.72. The van der Waals surface area contributed by atoms with Gasteiger partial charge in [0.15, 0.2) is 0 Å². The van der Waals surface area contributed by atoms with E-state index in [1.165, 1.54) is 4.68 Å². The summed E-state index contributed by atoms with van der Waals surface area (Å²) in [6.45, 7) is 5.15. The third-order valence-electron chi connectivity index (χ3n) is 2.41. The second-order valence-electron chi connectivity index (χ2n) is 4.08. The Kier molecular flexibility index (Phi) is 4.80. The van der Waals surface area contributed by atoms with E-state index in [1.807, 2.05) is 13.8 Å². The van der Waals surface area contributed by atoms with Gasteiger partial charge >= 0.3 is 0 Å². The van der Waals surface area contributed by atoms with Crippen LogP contribution in [0, 0.1) is 0 Å². The average molecular weight is 278 g/mol. The predicted molar refractivity (Wildman–Crippen MR) is 74.3 cm³/mol. The van der Waals surface area contributed by atoms with Crippen molar-refractivity contribution in [1.82, 2.24) is 24.7 Å². The van der Waals surface area contributed by atoms with E-state index in [4.69, 9.17) is 10.6 Å².